The monoisotopic (exact) mass is 285 g/mol. The summed E-state index contributed by atoms with van der Waals surface area (Å²) < 4.78 is 2.06. The van der Waals surface area contributed by atoms with E-state index >= 15 is 0 Å². The molecule has 0 saturated carbocycles. The van der Waals surface area contributed by atoms with Gasteiger partial charge in [-0.3, -0.25) is 4.68 Å². The van der Waals surface area contributed by atoms with E-state index in [9.17, 15) is 0 Å². The van der Waals surface area contributed by atoms with Crippen molar-refractivity contribution in [2.24, 2.45) is 5.73 Å². The predicted molar refractivity (Wildman–Crippen MR) is 88.1 cm³/mol. The van der Waals surface area contributed by atoms with E-state index in [0.717, 1.165) is 31.5 Å². The highest BCUT2D eigenvalue weighted by molar-refractivity contribution is 5.30. The highest BCUT2D eigenvalue weighted by atomic mass is 15.3. The zero-order valence-corrected chi connectivity index (χ0v) is 13.4. The van der Waals surface area contributed by atoms with Crippen molar-refractivity contribution in [1.29, 1.82) is 0 Å². The molecular weight excluding hydrogens is 258 g/mol. The van der Waals surface area contributed by atoms with E-state index in [0.29, 0.717) is 0 Å². The molecule has 114 valence electrons. The van der Waals surface area contributed by atoms with Crippen molar-refractivity contribution in [2.75, 3.05) is 0 Å². The molecule has 1 unspecified atom stereocenters. The van der Waals surface area contributed by atoms with Crippen molar-refractivity contribution < 1.29 is 0 Å². The summed E-state index contributed by atoms with van der Waals surface area (Å²) in [5.41, 5.74) is 9.18. The molecule has 0 bridgehead atoms. The summed E-state index contributed by atoms with van der Waals surface area (Å²) in [4.78, 5) is 0. The third kappa shape index (κ3) is 2.88. The molecule has 21 heavy (non-hydrogen) atoms. The molecule has 2 aromatic rings. The Labute approximate surface area is 128 Å². The molecule has 1 aromatic heterocycles. The molecule has 3 heteroatoms. The highest BCUT2D eigenvalue weighted by Crippen LogP contribution is 2.41. The molecule has 0 aliphatic rings. The first-order valence-electron chi connectivity index (χ1n) is 8.02. The van der Waals surface area contributed by atoms with E-state index in [1.165, 1.54) is 5.56 Å². The molecule has 2 N–H and O–H groups in total. The topological polar surface area (TPSA) is 43.8 Å². The van der Waals surface area contributed by atoms with Gasteiger partial charge in [0.05, 0.1) is 11.7 Å². The number of aryl methyl sites for hydroxylation is 1. The molecule has 0 spiro atoms. The van der Waals surface area contributed by atoms with Crippen LogP contribution in [-0.4, -0.2) is 9.78 Å². The fourth-order valence-electron chi connectivity index (χ4n) is 3.34. The van der Waals surface area contributed by atoms with Gasteiger partial charge in [-0.05, 0) is 30.9 Å². The number of hydrogen-bond acceptors (Lipinski definition) is 2. The Bertz CT molecular complexity index is 541. The Morgan fingerprint density at radius 3 is 2.33 bits per heavy atom. The molecule has 0 amide bonds. The van der Waals surface area contributed by atoms with Gasteiger partial charge in [0.15, 0.2) is 0 Å². The second kappa shape index (κ2) is 6.90. The van der Waals surface area contributed by atoms with Crippen molar-refractivity contribution in [3.05, 3.63) is 53.9 Å². The van der Waals surface area contributed by atoms with Crippen LogP contribution in [0.15, 0.2) is 42.6 Å². The Morgan fingerprint density at radius 2 is 1.76 bits per heavy atom. The number of nitrogens with zero attached hydrogens (tertiary/aromatic N) is 2. The van der Waals surface area contributed by atoms with Crippen LogP contribution in [0.5, 0.6) is 0 Å². The first-order valence-corrected chi connectivity index (χ1v) is 8.02. The summed E-state index contributed by atoms with van der Waals surface area (Å²) in [6.07, 6.45) is 4.97. The molecule has 0 radical (unpaired) electrons. The third-order valence-electron chi connectivity index (χ3n) is 4.71. The minimum atomic E-state index is -0.0380. The van der Waals surface area contributed by atoms with Crippen LogP contribution in [0.2, 0.25) is 0 Å². The van der Waals surface area contributed by atoms with E-state index < -0.39 is 0 Å². The lowest BCUT2D eigenvalue weighted by Gasteiger charge is -2.38. The Morgan fingerprint density at radius 1 is 1.10 bits per heavy atom. The minimum Gasteiger partial charge on any atom is -0.322 e. The summed E-state index contributed by atoms with van der Waals surface area (Å²) >= 11 is 0. The van der Waals surface area contributed by atoms with Crippen LogP contribution in [0.3, 0.4) is 0 Å². The van der Waals surface area contributed by atoms with Gasteiger partial charge in [0, 0.05) is 18.2 Å². The SMILES string of the molecule is CCCn1nccc1C(N)C(CC)(CC)c1ccccc1. The van der Waals surface area contributed by atoms with E-state index in [-0.39, 0.29) is 11.5 Å². The first kappa shape index (κ1) is 15.8. The molecule has 0 fully saturated rings. The summed E-state index contributed by atoms with van der Waals surface area (Å²) in [5.74, 6) is 0. The molecule has 0 saturated heterocycles. The lowest BCUT2D eigenvalue weighted by molar-refractivity contribution is 0.307. The zero-order chi connectivity index (χ0) is 15.3. The summed E-state index contributed by atoms with van der Waals surface area (Å²) in [6, 6.07) is 12.7. The van der Waals surface area contributed by atoms with Crippen molar-refractivity contribution in [2.45, 2.75) is 58.0 Å². The van der Waals surface area contributed by atoms with Crippen molar-refractivity contribution in [1.82, 2.24) is 9.78 Å². The molecular formula is C18H27N3. The number of hydrogen-bond donors (Lipinski definition) is 1. The van der Waals surface area contributed by atoms with Gasteiger partial charge < -0.3 is 5.73 Å². The molecule has 3 nitrogen and oxygen atoms in total. The number of aromatic nitrogens is 2. The van der Waals surface area contributed by atoms with Gasteiger partial charge in [0.25, 0.3) is 0 Å². The molecule has 0 aliphatic heterocycles. The van der Waals surface area contributed by atoms with Crippen LogP contribution >= 0.6 is 0 Å². The van der Waals surface area contributed by atoms with Crippen LogP contribution in [0.4, 0.5) is 0 Å². The minimum absolute atomic E-state index is 0.0349. The molecule has 1 heterocycles. The maximum absolute atomic E-state index is 6.74. The fourth-order valence-corrected chi connectivity index (χ4v) is 3.34. The Balaban J connectivity index is 2.44. The van der Waals surface area contributed by atoms with Gasteiger partial charge in [-0.15, -0.1) is 0 Å². The van der Waals surface area contributed by atoms with Gasteiger partial charge in [-0.25, -0.2) is 0 Å². The molecule has 1 atom stereocenters. The summed E-state index contributed by atoms with van der Waals surface area (Å²) in [6.45, 7) is 7.56. The summed E-state index contributed by atoms with van der Waals surface area (Å²) in [5, 5.41) is 4.44. The maximum Gasteiger partial charge on any atom is 0.0564 e. The van der Waals surface area contributed by atoms with Gasteiger partial charge in [-0.1, -0.05) is 51.1 Å². The van der Waals surface area contributed by atoms with Crippen LogP contribution in [-0.2, 0) is 12.0 Å². The second-order valence-electron chi connectivity index (χ2n) is 5.69. The standard InChI is InChI=1S/C18H27N3/c1-4-14-21-16(12-13-20-21)17(19)18(5-2,6-3)15-10-8-7-9-11-15/h7-13,17H,4-6,14,19H2,1-3H3. The van der Waals surface area contributed by atoms with E-state index in [1.54, 1.807) is 0 Å². The largest absolute Gasteiger partial charge is 0.322 e. The lowest BCUT2D eigenvalue weighted by atomic mass is 9.69. The molecule has 0 aliphatic carbocycles. The maximum atomic E-state index is 6.74. The normalized spacial score (nSPS) is 13.3. The van der Waals surface area contributed by atoms with Crippen LogP contribution < -0.4 is 5.73 Å². The van der Waals surface area contributed by atoms with Gasteiger partial charge in [-0.2, -0.15) is 5.10 Å². The van der Waals surface area contributed by atoms with E-state index in [1.807, 2.05) is 6.20 Å². The first-order chi connectivity index (χ1) is 10.2. The quantitative estimate of drug-likeness (QED) is 0.834. The zero-order valence-electron chi connectivity index (χ0n) is 13.4. The van der Waals surface area contributed by atoms with Crippen molar-refractivity contribution >= 4 is 0 Å². The average Bonchev–Trinajstić information content (AvgIpc) is 2.98. The Kier molecular flexibility index (Phi) is 5.18. The fraction of sp³-hybridized carbons (Fsp3) is 0.500. The number of benzene rings is 1. The van der Waals surface area contributed by atoms with Crippen molar-refractivity contribution in [3.8, 4) is 0 Å². The smallest absolute Gasteiger partial charge is 0.0564 e. The molecule has 1 aromatic carbocycles. The van der Waals surface area contributed by atoms with Crippen LogP contribution in [0.1, 0.15) is 57.3 Å². The Hall–Kier alpha value is -1.61. The predicted octanol–water partition coefficient (Wildman–Crippen LogP) is 4.05. The van der Waals surface area contributed by atoms with Crippen LogP contribution in [0.25, 0.3) is 0 Å². The van der Waals surface area contributed by atoms with E-state index in [4.69, 9.17) is 5.73 Å². The highest BCUT2D eigenvalue weighted by Gasteiger charge is 2.37. The lowest BCUT2D eigenvalue weighted by Crippen LogP contribution is -2.39. The van der Waals surface area contributed by atoms with Gasteiger partial charge in [0.2, 0.25) is 0 Å². The third-order valence-corrected chi connectivity index (χ3v) is 4.71. The number of rotatable bonds is 7. The van der Waals surface area contributed by atoms with Crippen molar-refractivity contribution in [3.63, 3.8) is 0 Å². The average molecular weight is 285 g/mol. The van der Waals surface area contributed by atoms with E-state index in [2.05, 4.69) is 66.9 Å². The van der Waals surface area contributed by atoms with Crippen LogP contribution in [0, 0.1) is 0 Å². The van der Waals surface area contributed by atoms with Gasteiger partial charge in [0.1, 0.15) is 0 Å². The van der Waals surface area contributed by atoms with Gasteiger partial charge >= 0.3 is 0 Å². The number of nitrogens with two attached hydrogens (primary N) is 1. The summed E-state index contributed by atoms with van der Waals surface area (Å²) in [7, 11) is 0. The molecule has 2 rings (SSSR count). The second-order valence-corrected chi connectivity index (χ2v) is 5.69.